The minimum Gasteiger partial charge on any atom is -0.487 e. The maximum absolute atomic E-state index is 5.68. The highest BCUT2D eigenvalue weighted by molar-refractivity contribution is 9.10. The van der Waals surface area contributed by atoms with Crippen molar-refractivity contribution >= 4 is 15.9 Å². The molecule has 0 atom stereocenters. The predicted octanol–water partition coefficient (Wildman–Crippen LogP) is 2.57. The van der Waals surface area contributed by atoms with E-state index in [2.05, 4.69) is 15.9 Å². The van der Waals surface area contributed by atoms with E-state index in [9.17, 15) is 0 Å². The minimum atomic E-state index is -0.305. The molecule has 0 aliphatic heterocycles. The molecule has 0 radical (unpaired) electrons. The van der Waals surface area contributed by atoms with Crippen molar-refractivity contribution in [2.24, 2.45) is 5.73 Å². The van der Waals surface area contributed by atoms with Crippen molar-refractivity contribution in [1.29, 1.82) is 0 Å². The first-order valence-corrected chi connectivity index (χ1v) is 4.97. The van der Waals surface area contributed by atoms with Crippen LogP contribution in [0.1, 0.15) is 13.8 Å². The number of hydrogen-bond acceptors (Lipinski definition) is 2. The summed E-state index contributed by atoms with van der Waals surface area (Å²) in [7, 11) is 0. The van der Waals surface area contributed by atoms with Crippen LogP contribution in [0.3, 0.4) is 0 Å². The Morgan fingerprint density at radius 1 is 1.46 bits per heavy atom. The first-order chi connectivity index (χ1) is 6.03. The lowest BCUT2D eigenvalue weighted by atomic mass is 10.1. The zero-order valence-corrected chi connectivity index (χ0v) is 9.47. The molecule has 0 heterocycles. The summed E-state index contributed by atoms with van der Waals surface area (Å²) in [4.78, 5) is 0. The van der Waals surface area contributed by atoms with Crippen LogP contribution in [0.2, 0.25) is 0 Å². The van der Waals surface area contributed by atoms with Crippen LogP contribution in [0.5, 0.6) is 5.75 Å². The molecule has 2 N–H and O–H groups in total. The van der Waals surface area contributed by atoms with Crippen LogP contribution in [-0.4, -0.2) is 12.1 Å². The van der Waals surface area contributed by atoms with E-state index in [1.54, 1.807) is 0 Å². The lowest BCUT2D eigenvalue weighted by molar-refractivity contribution is 0.119. The normalized spacial score (nSPS) is 11.4. The third-order valence-corrected chi connectivity index (χ3v) is 2.18. The second-order valence-corrected chi connectivity index (χ2v) is 4.44. The summed E-state index contributed by atoms with van der Waals surface area (Å²) in [5.41, 5.74) is 5.25. The fourth-order valence-electron chi connectivity index (χ4n) is 0.891. The van der Waals surface area contributed by atoms with E-state index in [1.807, 2.05) is 38.1 Å². The molecule has 1 aromatic rings. The molecule has 0 unspecified atom stereocenters. The molecule has 0 aliphatic rings. The minimum absolute atomic E-state index is 0.305. The number of rotatable bonds is 3. The number of hydrogen-bond donors (Lipinski definition) is 1. The smallest absolute Gasteiger partial charge is 0.121 e. The van der Waals surface area contributed by atoms with Gasteiger partial charge in [-0.1, -0.05) is 22.0 Å². The SMILES string of the molecule is CC(C)(CN)Oc1cccc(Br)c1. The Balaban J connectivity index is 2.74. The molecule has 0 saturated carbocycles. The van der Waals surface area contributed by atoms with Crippen LogP contribution in [0, 0.1) is 0 Å². The Bertz CT molecular complexity index is 286. The maximum atomic E-state index is 5.68. The van der Waals surface area contributed by atoms with Gasteiger partial charge in [0.2, 0.25) is 0 Å². The molecule has 1 rings (SSSR count). The van der Waals surface area contributed by atoms with Crippen molar-refractivity contribution in [2.75, 3.05) is 6.54 Å². The van der Waals surface area contributed by atoms with E-state index in [-0.39, 0.29) is 5.60 Å². The van der Waals surface area contributed by atoms with E-state index in [0.717, 1.165) is 10.2 Å². The van der Waals surface area contributed by atoms with Crippen LogP contribution in [0.25, 0.3) is 0 Å². The summed E-state index contributed by atoms with van der Waals surface area (Å²) in [5.74, 6) is 0.838. The van der Waals surface area contributed by atoms with E-state index >= 15 is 0 Å². The molecule has 3 heteroatoms. The Morgan fingerprint density at radius 2 is 2.15 bits per heavy atom. The van der Waals surface area contributed by atoms with E-state index in [4.69, 9.17) is 10.5 Å². The third-order valence-electron chi connectivity index (χ3n) is 1.68. The highest BCUT2D eigenvalue weighted by Gasteiger charge is 2.16. The molecule has 0 spiro atoms. The molecule has 0 amide bonds. The van der Waals surface area contributed by atoms with Crippen molar-refractivity contribution in [3.05, 3.63) is 28.7 Å². The molecule has 72 valence electrons. The predicted molar refractivity (Wildman–Crippen MR) is 57.9 cm³/mol. The molecule has 2 nitrogen and oxygen atoms in total. The van der Waals surface area contributed by atoms with Gasteiger partial charge in [-0.2, -0.15) is 0 Å². The lowest BCUT2D eigenvalue weighted by Gasteiger charge is -2.24. The molecule has 0 aromatic heterocycles. The van der Waals surface area contributed by atoms with Gasteiger partial charge in [0.1, 0.15) is 11.4 Å². The largest absolute Gasteiger partial charge is 0.487 e. The molecule has 0 bridgehead atoms. The van der Waals surface area contributed by atoms with Crippen LogP contribution < -0.4 is 10.5 Å². The first kappa shape index (κ1) is 10.5. The zero-order chi connectivity index (χ0) is 9.90. The van der Waals surface area contributed by atoms with E-state index in [0.29, 0.717) is 6.54 Å². The van der Waals surface area contributed by atoms with Gasteiger partial charge in [0.05, 0.1) is 0 Å². The fraction of sp³-hybridized carbons (Fsp3) is 0.400. The van der Waals surface area contributed by atoms with Crippen LogP contribution in [0.4, 0.5) is 0 Å². The Hall–Kier alpha value is -0.540. The summed E-state index contributed by atoms with van der Waals surface area (Å²) in [6, 6.07) is 7.74. The maximum Gasteiger partial charge on any atom is 0.121 e. The number of benzene rings is 1. The monoisotopic (exact) mass is 243 g/mol. The van der Waals surface area contributed by atoms with Crippen molar-refractivity contribution in [1.82, 2.24) is 0 Å². The van der Waals surface area contributed by atoms with Gasteiger partial charge < -0.3 is 10.5 Å². The van der Waals surface area contributed by atoms with E-state index < -0.39 is 0 Å². The summed E-state index contributed by atoms with van der Waals surface area (Å²) in [6.45, 7) is 4.43. The second-order valence-electron chi connectivity index (χ2n) is 3.52. The summed E-state index contributed by atoms with van der Waals surface area (Å²) in [5, 5.41) is 0. The molecule has 13 heavy (non-hydrogen) atoms. The summed E-state index contributed by atoms with van der Waals surface area (Å²) < 4.78 is 6.69. The summed E-state index contributed by atoms with van der Waals surface area (Å²) in [6.07, 6.45) is 0. The van der Waals surface area contributed by atoms with E-state index in [1.165, 1.54) is 0 Å². The van der Waals surface area contributed by atoms with Crippen molar-refractivity contribution < 1.29 is 4.74 Å². The molecule has 0 aliphatic carbocycles. The van der Waals surface area contributed by atoms with Crippen LogP contribution >= 0.6 is 15.9 Å². The molecular weight excluding hydrogens is 230 g/mol. The van der Waals surface area contributed by atoms with Gasteiger partial charge >= 0.3 is 0 Å². The highest BCUT2D eigenvalue weighted by Crippen LogP contribution is 2.21. The zero-order valence-electron chi connectivity index (χ0n) is 7.88. The number of ether oxygens (including phenoxy) is 1. The highest BCUT2D eigenvalue weighted by atomic mass is 79.9. The van der Waals surface area contributed by atoms with Gasteiger partial charge in [0.15, 0.2) is 0 Å². The van der Waals surface area contributed by atoms with Gasteiger partial charge in [-0.15, -0.1) is 0 Å². The number of nitrogens with two attached hydrogens (primary N) is 1. The molecule has 0 saturated heterocycles. The number of halogens is 1. The Morgan fingerprint density at radius 3 is 2.69 bits per heavy atom. The molecule has 1 aromatic carbocycles. The summed E-state index contributed by atoms with van der Waals surface area (Å²) >= 11 is 3.38. The second kappa shape index (κ2) is 4.11. The average molecular weight is 244 g/mol. The van der Waals surface area contributed by atoms with Gasteiger partial charge in [-0.25, -0.2) is 0 Å². The Labute approximate surface area is 87.2 Å². The van der Waals surface area contributed by atoms with Crippen molar-refractivity contribution in [3.63, 3.8) is 0 Å². The van der Waals surface area contributed by atoms with Crippen LogP contribution in [-0.2, 0) is 0 Å². The van der Waals surface area contributed by atoms with Gasteiger partial charge in [-0.3, -0.25) is 0 Å². The third kappa shape index (κ3) is 3.36. The van der Waals surface area contributed by atoms with Gasteiger partial charge in [0, 0.05) is 11.0 Å². The lowest BCUT2D eigenvalue weighted by Crippen LogP contribution is -2.37. The van der Waals surface area contributed by atoms with Gasteiger partial charge in [-0.05, 0) is 32.0 Å². The molecule has 0 fully saturated rings. The average Bonchev–Trinajstić information content (AvgIpc) is 2.03. The van der Waals surface area contributed by atoms with Crippen molar-refractivity contribution in [2.45, 2.75) is 19.4 Å². The van der Waals surface area contributed by atoms with Crippen molar-refractivity contribution in [3.8, 4) is 5.75 Å². The van der Waals surface area contributed by atoms with Gasteiger partial charge in [0.25, 0.3) is 0 Å². The van der Waals surface area contributed by atoms with Crippen LogP contribution in [0.15, 0.2) is 28.7 Å². The topological polar surface area (TPSA) is 35.2 Å². The quantitative estimate of drug-likeness (QED) is 0.886. The first-order valence-electron chi connectivity index (χ1n) is 4.18. The Kier molecular flexibility index (Phi) is 3.33. The standard InChI is InChI=1S/C10H14BrNO/c1-10(2,7-12)13-9-5-3-4-8(11)6-9/h3-6H,7,12H2,1-2H3. The molecular formula is C10H14BrNO. The fourth-order valence-corrected chi connectivity index (χ4v) is 1.27.